The van der Waals surface area contributed by atoms with Crippen LogP contribution in [0.4, 0.5) is 0 Å². The molecule has 2 unspecified atom stereocenters. The summed E-state index contributed by atoms with van der Waals surface area (Å²) in [6.45, 7) is 5.91. The molecule has 0 aromatic heterocycles. The van der Waals surface area contributed by atoms with E-state index in [4.69, 9.17) is 21.1 Å². The Balaban J connectivity index is 1.93. The van der Waals surface area contributed by atoms with Gasteiger partial charge >= 0.3 is 0 Å². The molecule has 1 saturated carbocycles. The first-order valence-electron chi connectivity index (χ1n) is 6.29. The minimum atomic E-state index is 0.270. The molecule has 1 aromatic carbocycles. The van der Waals surface area contributed by atoms with Gasteiger partial charge in [-0.25, -0.2) is 0 Å². The zero-order valence-electron chi connectivity index (χ0n) is 10.9. The first-order valence-corrected chi connectivity index (χ1v) is 6.67. The molecule has 1 N–H and O–H groups in total. The topological polar surface area (TPSA) is 30.5 Å². The highest BCUT2D eigenvalue weighted by molar-refractivity contribution is 6.32. The van der Waals surface area contributed by atoms with E-state index in [-0.39, 0.29) is 6.79 Å². The minimum absolute atomic E-state index is 0.270. The second-order valence-electron chi connectivity index (χ2n) is 5.70. The van der Waals surface area contributed by atoms with E-state index in [1.54, 1.807) is 0 Å². The molecule has 3 nitrogen and oxygen atoms in total. The Bertz CT molecular complexity index is 487. The lowest BCUT2D eigenvalue weighted by Crippen LogP contribution is -2.12. The molecule has 0 spiro atoms. The van der Waals surface area contributed by atoms with Crippen LogP contribution in [0.1, 0.15) is 25.3 Å². The number of fused-ring (bicyclic) bond motifs is 1. The third kappa shape index (κ3) is 1.69. The van der Waals surface area contributed by atoms with E-state index in [0.29, 0.717) is 28.0 Å². The van der Waals surface area contributed by atoms with Gasteiger partial charge in [0.25, 0.3) is 0 Å². The van der Waals surface area contributed by atoms with Crippen molar-refractivity contribution >= 4 is 11.6 Å². The van der Waals surface area contributed by atoms with Crippen molar-refractivity contribution in [3.63, 3.8) is 0 Å². The van der Waals surface area contributed by atoms with Crippen molar-refractivity contribution in [1.29, 1.82) is 0 Å². The predicted molar refractivity (Wildman–Crippen MR) is 71.5 cm³/mol. The summed E-state index contributed by atoms with van der Waals surface area (Å²) < 4.78 is 10.8. The zero-order chi connectivity index (χ0) is 12.9. The van der Waals surface area contributed by atoms with Crippen molar-refractivity contribution in [1.82, 2.24) is 5.32 Å². The quantitative estimate of drug-likeness (QED) is 0.913. The molecular weight excluding hydrogens is 250 g/mol. The molecule has 1 aliphatic carbocycles. The average molecular weight is 268 g/mol. The fraction of sp³-hybridized carbons (Fsp3) is 0.571. The van der Waals surface area contributed by atoms with Crippen molar-refractivity contribution in [2.45, 2.75) is 19.8 Å². The molecule has 1 aliphatic heterocycles. The number of hydrogen-bond donors (Lipinski definition) is 1. The maximum atomic E-state index is 6.24. The minimum Gasteiger partial charge on any atom is -0.454 e. The van der Waals surface area contributed by atoms with Crippen LogP contribution in [0.15, 0.2) is 12.1 Å². The van der Waals surface area contributed by atoms with Crippen LogP contribution in [0.3, 0.4) is 0 Å². The number of ether oxygens (including phenoxy) is 2. The predicted octanol–water partition coefficient (Wildman–Crippen LogP) is 3.03. The standard InChI is InChI=1S/C14H18ClNO2/c1-14(2)9(6-16-3)12(14)8-4-10(15)13-11(5-8)17-7-18-13/h4-5,9,12,16H,6-7H2,1-3H3. The SMILES string of the molecule is CNCC1C(c2cc(Cl)c3c(c2)OCO3)C1(C)C. The van der Waals surface area contributed by atoms with Crippen LogP contribution in [-0.4, -0.2) is 20.4 Å². The molecule has 0 radical (unpaired) electrons. The van der Waals surface area contributed by atoms with Gasteiger partial charge in [0.05, 0.1) is 5.02 Å². The number of rotatable bonds is 3. The highest BCUT2D eigenvalue weighted by Crippen LogP contribution is 2.65. The lowest BCUT2D eigenvalue weighted by molar-refractivity contribution is 0.174. The average Bonchev–Trinajstić information content (AvgIpc) is 2.70. The summed E-state index contributed by atoms with van der Waals surface area (Å²) in [6, 6.07) is 4.10. The molecule has 1 aromatic rings. The van der Waals surface area contributed by atoms with Crippen molar-refractivity contribution in [2.24, 2.45) is 11.3 Å². The van der Waals surface area contributed by atoms with Gasteiger partial charge in [-0.05, 0) is 48.5 Å². The smallest absolute Gasteiger partial charge is 0.231 e. The number of halogens is 1. The first-order chi connectivity index (χ1) is 8.55. The van der Waals surface area contributed by atoms with Crippen molar-refractivity contribution < 1.29 is 9.47 Å². The summed E-state index contributed by atoms with van der Waals surface area (Å²) in [5.74, 6) is 2.66. The summed E-state index contributed by atoms with van der Waals surface area (Å²) in [4.78, 5) is 0. The summed E-state index contributed by atoms with van der Waals surface area (Å²) in [7, 11) is 2.00. The summed E-state index contributed by atoms with van der Waals surface area (Å²) in [5, 5.41) is 3.92. The van der Waals surface area contributed by atoms with Gasteiger partial charge in [0.15, 0.2) is 11.5 Å². The van der Waals surface area contributed by atoms with Gasteiger partial charge in [-0.2, -0.15) is 0 Å². The molecule has 0 bridgehead atoms. The maximum absolute atomic E-state index is 6.24. The lowest BCUT2D eigenvalue weighted by atomic mass is 10.0. The molecule has 98 valence electrons. The fourth-order valence-corrected chi connectivity index (χ4v) is 3.45. The largest absolute Gasteiger partial charge is 0.454 e. The van der Waals surface area contributed by atoms with Gasteiger partial charge in [0.1, 0.15) is 0 Å². The Morgan fingerprint density at radius 2 is 2.17 bits per heavy atom. The first kappa shape index (κ1) is 12.1. The number of nitrogens with one attached hydrogen (secondary N) is 1. The second-order valence-corrected chi connectivity index (χ2v) is 6.11. The molecule has 18 heavy (non-hydrogen) atoms. The number of benzene rings is 1. The normalized spacial score (nSPS) is 27.3. The molecule has 1 fully saturated rings. The van der Waals surface area contributed by atoms with Crippen LogP contribution in [0, 0.1) is 11.3 Å². The Labute approximate surface area is 112 Å². The molecule has 0 saturated heterocycles. The van der Waals surface area contributed by atoms with Gasteiger partial charge in [-0.15, -0.1) is 0 Å². The summed E-state index contributed by atoms with van der Waals surface area (Å²) in [6.07, 6.45) is 0. The van der Waals surface area contributed by atoms with Crippen molar-refractivity contribution in [3.05, 3.63) is 22.7 Å². The van der Waals surface area contributed by atoms with E-state index in [1.807, 2.05) is 13.1 Å². The van der Waals surface area contributed by atoms with Crippen molar-refractivity contribution in [3.8, 4) is 11.5 Å². The lowest BCUT2D eigenvalue weighted by Gasteiger charge is -2.06. The third-order valence-corrected chi connectivity index (χ3v) is 4.56. The van der Waals surface area contributed by atoms with Gasteiger partial charge in [-0.3, -0.25) is 0 Å². The highest BCUT2D eigenvalue weighted by atomic mass is 35.5. The molecule has 4 heteroatoms. The van der Waals surface area contributed by atoms with Crippen LogP contribution in [0.2, 0.25) is 5.02 Å². The van der Waals surface area contributed by atoms with Gasteiger partial charge < -0.3 is 14.8 Å². The molecule has 0 amide bonds. The van der Waals surface area contributed by atoms with Gasteiger partial charge in [-0.1, -0.05) is 25.4 Å². The van der Waals surface area contributed by atoms with Crippen molar-refractivity contribution in [2.75, 3.05) is 20.4 Å². The van der Waals surface area contributed by atoms with Crippen LogP contribution in [-0.2, 0) is 0 Å². The molecule has 3 rings (SSSR count). The number of hydrogen-bond acceptors (Lipinski definition) is 3. The molecule has 2 aliphatic rings. The van der Waals surface area contributed by atoms with Crippen LogP contribution >= 0.6 is 11.6 Å². The highest BCUT2D eigenvalue weighted by Gasteiger charge is 2.57. The summed E-state index contributed by atoms with van der Waals surface area (Å²) in [5.41, 5.74) is 1.58. The van der Waals surface area contributed by atoms with Crippen LogP contribution < -0.4 is 14.8 Å². The van der Waals surface area contributed by atoms with Crippen LogP contribution in [0.25, 0.3) is 0 Å². The molecule has 1 heterocycles. The van der Waals surface area contributed by atoms with E-state index in [1.165, 1.54) is 5.56 Å². The Morgan fingerprint density at radius 1 is 1.39 bits per heavy atom. The van der Waals surface area contributed by atoms with E-state index < -0.39 is 0 Å². The zero-order valence-corrected chi connectivity index (χ0v) is 11.7. The van der Waals surface area contributed by atoms with Crippen LogP contribution in [0.5, 0.6) is 11.5 Å². The second kappa shape index (κ2) is 4.04. The maximum Gasteiger partial charge on any atom is 0.231 e. The van der Waals surface area contributed by atoms with E-state index in [9.17, 15) is 0 Å². The van der Waals surface area contributed by atoms with E-state index >= 15 is 0 Å². The third-order valence-electron chi connectivity index (χ3n) is 4.28. The Hall–Kier alpha value is -0.930. The fourth-order valence-electron chi connectivity index (χ4n) is 3.17. The van der Waals surface area contributed by atoms with E-state index in [2.05, 4.69) is 25.2 Å². The Kier molecular flexibility index (Phi) is 2.72. The van der Waals surface area contributed by atoms with E-state index in [0.717, 1.165) is 12.3 Å². The van der Waals surface area contributed by atoms with Gasteiger partial charge in [0.2, 0.25) is 6.79 Å². The molecular formula is C14H18ClNO2. The monoisotopic (exact) mass is 267 g/mol. The Morgan fingerprint density at radius 3 is 2.89 bits per heavy atom. The van der Waals surface area contributed by atoms with Gasteiger partial charge in [0, 0.05) is 0 Å². The molecule has 2 atom stereocenters. The summed E-state index contributed by atoms with van der Waals surface area (Å²) >= 11 is 6.24.